The molecule has 0 fully saturated rings. The van der Waals surface area contributed by atoms with Crippen molar-refractivity contribution in [1.82, 2.24) is 9.80 Å². The van der Waals surface area contributed by atoms with Crippen LogP contribution in [0.15, 0.2) is 66.7 Å². The molecule has 0 saturated heterocycles. The molecule has 1 aliphatic heterocycles. The number of urea groups is 2. The van der Waals surface area contributed by atoms with Gasteiger partial charge >= 0.3 is 18.2 Å². The lowest BCUT2D eigenvalue weighted by atomic mass is 10.0. The van der Waals surface area contributed by atoms with Crippen LogP contribution < -0.4 is 20.7 Å². The number of nitrogens with one attached hydrogen (secondary N) is 3. The maximum atomic E-state index is 14.3. The van der Waals surface area contributed by atoms with Gasteiger partial charge in [0.1, 0.15) is 11.6 Å². The van der Waals surface area contributed by atoms with Crippen molar-refractivity contribution < 1.29 is 46.5 Å². The molecule has 0 aliphatic carbocycles. The predicted molar refractivity (Wildman–Crippen MR) is 189 cm³/mol. The molecule has 4 N–H and O–H groups in total. The first-order chi connectivity index (χ1) is 24.6. The number of likely N-dealkylation sites (N-methyl/N-ethyl adjacent to an activating group) is 1. The molecular formula is C37H45F4N5O6. The standard InChI is InChI=1S/C37H45F4N5O6/c1-23-20-46(24(2)22-47)34(48)31-19-30(43-35(49)42-28-12-8-26(9-13-28)37(39,40)41)16-17-32(31)52-25(3)7-5-6-18-51-33(23)21-45(4)36(50)44-29-14-10-27(38)11-15-29/h8-17,19,23-25,33,47H,5-7,18,20-22H2,1-4H3,(H,44,50)(H2,42,43,49)/t23-,24+,25+,33-/m0/s1. The Bertz CT molecular complexity index is 1660. The molecule has 0 spiro atoms. The fourth-order valence-electron chi connectivity index (χ4n) is 5.60. The number of hydrogen-bond acceptors (Lipinski definition) is 6. The van der Waals surface area contributed by atoms with Crippen LogP contribution in [-0.4, -0.2) is 84.5 Å². The minimum atomic E-state index is -4.52. The van der Waals surface area contributed by atoms with Gasteiger partial charge in [0.05, 0.1) is 36.0 Å². The van der Waals surface area contributed by atoms with Gasteiger partial charge in [-0.1, -0.05) is 6.92 Å². The van der Waals surface area contributed by atoms with Crippen LogP contribution in [0.3, 0.4) is 0 Å². The van der Waals surface area contributed by atoms with E-state index in [1.165, 1.54) is 40.1 Å². The van der Waals surface area contributed by atoms with E-state index in [9.17, 15) is 37.1 Å². The highest BCUT2D eigenvalue weighted by Crippen LogP contribution is 2.31. The van der Waals surface area contributed by atoms with E-state index < -0.39 is 47.7 Å². The van der Waals surface area contributed by atoms with Crippen molar-refractivity contribution in [2.24, 2.45) is 5.92 Å². The topological polar surface area (TPSA) is 132 Å². The Kier molecular flexibility index (Phi) is 13.8. The lowest BCUT2D eigenvalue weighted by Crippen LogP contribution is -2.48. The number of rotatable bonds is 7. The van der Waals surface area contributed by atoms with E-state index in [4.69, 9.17) is 9.47 Å². The summed E-state index contributed by atoms with van der Waals surface area (Å²) in [6.45, 7) is 5.78. The molecule has 4 atom stereocenters. The van der Waals surface area contributed by atoms with Crippen molar-refractivity contribution in [3.63, 3.8) is 0 Å². The fraction of sp³-hybridized carbons (Fsp3) is 0.432. The molecule has 0 bridgehead atoms. The number of carbonyl (C=O) groups is 3. The molecule has 1 heterocycles. The first kappa shape index (κ1) is 39.9. The Morgan fingerprint density at radius 1 is 0.962 bits per heavy atom. The minimum Gasteiger partial charge on any atom is -0.490 e. The van der Waals surface area contributed by atoms with Gasteiger partial charge in [-0.15, -0.1) is 0 Å². The Labute approximate surface area is 300 Å². The van der Waals surface area contributed by atoms with Gasteiger partial charge in [0.15, 0.2) is 0 Å². The number of nitrogens with zero attached hydrogens (tertiary/aromatic N) is 2. The number of aliphatic hydroxyl groups is 1. The maximum Gasteiger partial charge on any atom is 0.416 e. The second-order valence-corrected chi connectivity index (χ2v) is 13.0. The summed E-state index contributed by atoms with van der Waals surface area (Å²) < 4.78 is 64.7. The van der Waals surface area contributed by atoms with Crippen LogP contribution in [-0.2, 0) is 10.9 Å². The van der Waals surface area contributed by atoms with Crippen LogP contribution in [0.25, 0.3) is 0 Å². The molecule has 0 aromatic heterocycles. The van der Waals surface area contributed by atoms with E-state index >= 15 is 0 Å². The summed E-state index contributed by atoms with van der Waals surface area (Å²) in [4.78, 5) is 43.1. The summed E-state index contributed by atoms with van der Waals surface area (Å²) >= 11 is 0. The Morgan fingerprint density at radius 3 is 2.23 bits per heavy atom. The normalized spacial score (nSPS) is 19.4. The van der Waals surface area contributed by atoms with E-state index in [2.05, 4.69) is 16.0 Å². The summed E-state index contributed by atoms with van der Waals surface area (Å²) in [5.74, 6) is -0.972. The minimum absolute atomic E-state index is 0.122. The van der Waals surface area contributed by atoms with Crippen molar-refractivity contribution in [3.05, 3.63) is 83.7 Å². The monoisotopic (exact) mass is 731 g/mol. The van der Waals surface area contributed by atoms with Gasteiger partial charge in [-0.2, -0.15) is 13.2 Å². The molecule has 0 radical (unpaired) electrons. The number of hydrogen-bond donors (Lipinski definition) is 4. The quantitative estimate of drug-likeness (QED) is 0.187. The number of aliphatic hydroxyl groups excluding tert-OH is 1. The SMILES string of the molecule is C[C@@H]1CCCCO[C@@H](CN(C)C(=O)Nc2ccc(F)cc2)[C@@H](C)CN([C@H](C)CO)C(=O)c2cc(NC(=O)Nc3ccc(C(F)(F)F)cc3)ccc2O1. The molecule has 4 rings (SSSR count). The molecule has 11 nitrogen and oxygen atoms in total. The van der Waals surface area contributed by atoms with E-state index in [0.29, 0.717) is 25.1 Å². The number of anilines is 3. The van der Waals surface area contributed by atoms with Crippen LogP contribution in [0.4, 0.5) is 44.2 Å². The number of amides is 5. The van der Waals surface area contributed by atoms with Crippen molar-refractivity contribution in [1.29, 1.82) is 0 Å². The van der Waals surface area contributed by atoms with Gasteiger partial charge in [-0.05, 0) is 99.8 Å². The summed E-state index contributed by atoms with van der Waals surface area (Å²) in [5, 5.41) is 18.0. The third-order valence-corrected chi connectivity index (χ3v) is 8.68. The first-order valence-electron chi connectivity index (χ1n) is 17.0. The van der Waals surface area contributed by atoms with Crippen LogP contribution in [0.2, 0.25) is 0 Å². The zero-order valence-electron chi connectivity index (χ0n) is 29.5. The molecule has 3 aromatic rings. The number of carbonyl (C=O) groups excluding carboxylic acids is 3. The van der Waals surface area contributed by atoms with Gasteiger partial charge in [0.2, 0.25) is 0 Å². The second-order valence-electron chi connectivity index (χ2n) is 13.0. The van der Waals surface area contributed by atoms with Crippen LogP contribution in [0.5, 0.6) is 5.75 Å². The van der Waals surface area contributed by atoms with Gasteiger partial charge in [0.25, 0.3) is 5.91 Å². The highest BCUT2D eigenvalue weighted by molar-refractivity contribution is 6.02. The predicted octanol–water partition coefficient (Wildman–Crippen LogP) is 7.45. The average Bonchev–Trinajstić information content (AvgIpc) is 3.10. The summed E-state index contributed by atoms with van der Waals surface area (Å²) in [5.41, 5.74) is 0.0354. The number of ether oxygens (including phenoxy) is 2. The van der Waals surface area contributed by atoms with Crippen LogP contribution in [0, 0.1) is 11.7 Å². The van der Waals surface area contributed by atoms with Crippen molar-refractivity contribution in [2.75, 3.05) is 49.3 Å². The van der Waals surface area contributed by atoms with Gasteiger partial charge < -0.3 is 40.3 Å². The van der Waals surface area contributed by atoms with Crippen molar-refractivity contribution >= 4 is 35.0 Å². The smallest absolute Gasteiger partial charge is 0.416 e. The highest BCUT2D eigenvalue weighted by Gasteiger charge is 2.32. The molecule has 15 heteroatoms. The van der Waals surface area contributed by atoms with Crippen molar-refractivity contribution in [3.8, 4) is 5.75 Å². The molecule has 0 saturated carbocycles. The average molecular weight is 732 g/mol. The van der Waals surface area contributed by atoms with Crippen LogP contribution in [0.1, 0.15) is 56.0 Å². The largest absolute Gasteiger partial charge is 0.490 e. The molecule has 0 unspecified atom stereocenters. The number of alkyl halides is 3. The summed E-state index contributed by atoms with van der Waals surface area (Å²) in [6.07, 6.45) is -3.22. The van der Waals surface area contributed by atoms with E-state index in [-0.39, 0.29) is 54.4 Å². The maximum absolute atomic E-state index is 14.3. The van der Waals surface area contributed by atoms with Gasteiger partial charge in [-0.3, -0.25) is 4.79 Å². The van der Waals surface area contributed by atoms with Crippen molar-refractivity contribution in [2.45, 2.75) is 64.5 Å². The third-order valence-electron chi connectivity index (χ3n) is 8.68. The zero-order valence-corrected chi connectivity index (χ0v) is 29.5. The number of halogens is 4. The Hall–Kier alpha value is -4.89. The third kappa shape index (κ3) is 11.3. The lowest BCUT2D eigenvalue weighted by Gasteiger charge is -2.35. The molecular weight excluding hydrogens is 686 g/mol. The molecule has 3 aromatic carbocycles. The summed E-state index contributed by atoms with van der Waals surface area (Å²) in [7, 11) is 1.61. The Morgan fingerprint density at radius 2 is 1.58 bits per heavy atom. The molecule has 1 aliphatic rings. The number of fused-ring (bicyclic) bond motifs is 1. The van der Waals surface area contributed by atoms with Gasteiger partial charge in [0, 0.05) is 49.7 Å². The highest BCUT2D eigenvalue weighted by atomic mass is 19.4. The number of benzene rings is 3. The van der Waals surface area contributed by atoms with E-state index in [1.54, 1.807) is 26.1 Å². The zero-order chi connectivity index (χ0) is 38.0. The molecule has 282 valence electrons. The van der Waals surface area contributed by atoms with Crippen LogP contribution >= 0.6 is 0 Å². The van der Waals surface area contributed by atoms with E-state index in [0.717, 1.165) is 30.7 Å². The molecule has 5 amide bonds. The lowest BCUT2D eigenvalue weighted by molar-refractivity contribution is -0.137. The summed E-state index contributed by atoms with van der Waals surface area (Å²) in [6, 6.07) is 12.1. The first-order valence-corrected chi connectivity index (χ1v) is 17.0. The van der Waals surface area contributed by atoms with Gasteiger partial charge in [-0.25, -0.2) is 14.0 Å². The fourth-order valence-corrected chi connectivity index (χ4v) is 5.60. The van der Waals surface area contributed by atoms with E-state index in [1.807, 2.05) is 13.8 Å². The molecule has 52 heavy (non-hydrogen) atoms. The Balaban J connectivity index is 1.56. The second kappa shape index (κ2) is 18.0.